The number of thioether (sulfide) groups is 1. The molecule has 0 saturated carbocycles. The van der Waals surface area contributed by atoms with Crippen molar-refractivity contribution in [2.24, 2.45) is 0 Å². The minimum atomic E-state index is -0.299. The van der Waals surface area contributed by atoms with Crippen molar-refractivity contribution >= 4 is 29.3 Å². The Morgan fingerprint density at radius 3 is 2.43 bits per heavy atom. The van der Waals surface area contributed by atoms with Crippen LogP contribution in [-0.4, -0.2) is 53.7 Å². The molecule has 2 aromatic carbocycles. The second-order valence-corrected chi connectivity index (χ2v) is 8.06. The first kappa shape index (κ1) is 25.6. The average Bonchev–Trinajstić information content (AvgIpc) is 3.27. The van der Waals surface area contributed by atoms with Crippen LogP contribution in [0.3, 0.4) is 0 Å². The van der Waals surface area contributed by atoms with Crippen molar-refractivity contribution in [3.8, 4) is 17.2 Å². The van der Waals surface area contributed by atoms with Gasteiger partial charge in [-0.3, -0.25) is 9.59 Å². The molecule has 11 heteroatoms. The molecule has 3 rings (SSSR count). The summed E-state index contributed by atoms with van der Waals surface area (Å²) in [6.45, 7) is 4.35. The van der Waals surface area contributed by atoms with Crippen molar-refractivity contribution in [3.63, 3.8) is 0 Å². The molecule has 10 nitrogen and oxygen atoms in total. The van der Waals surface area contributed by atoms with Crippen molar-refractivity contribution in [3.05, 3.63) is 66.5 Å². The molecule has 0 radical (unpaired) electrons. The molecule has 184 valence electrons. The van der Waals surface area contributed by atoms with Crippen LogP contribution in [0, 0.1) is 0 Å². The van der Waals surface area contributed by atoms with E-state index >= 15 is 0 Å². The molecule has 0 spiro atoms. The number of nitrogens with one attached hydrogen (secondary N) is 2. The standard InChI is InChI=1S/C24H27N5O5S/c1-5-12-29-21(14-25-23(31)16-6-11-19(33-3)20(13-16)34-4)27-28-24(29)35-15-22(30)26-17-7-9-18(32-2)10-8-17/h5-11,13H,1,12,14-15H2,2-4H3,(H,25,31)(H,26,30). The van der Waals surface area contributed by atoms with Crippen LogP contribution in [0.15, 0.2) is 60.3 Å². The number of benzene rings is 2. The molecule has 0 aliphatic rings. The molecule has 0 aliphatic heterocycles. The molecular formula is C24H27N5O5S. The lowest BCUT2D eigenvalue weighted by atomic mass is 10.2. The highest BCUT2D eigenvalue weighted by Crippen LogP contribution is 2.27. The quantitative estimate of drug-likeness (QED) is 0.290. The largest absolute Gasteiger partial charge is 0.497 e. The molecule has 2 N–H and O–H groups in total. The maximum Gasteiger partial charge on any atom is 0.251 e. The van der Waals surface area contributed by atoms with Crippen LogP contribution in [-0.2, 0) is 17.9 Å². The van der Waals surface area contributed by atoms with E-state index in [0.29, 0.717) is 46.0 Å². The zero-order valence-corrected chi connectivity index (χ0v) is 20.6. The molecule has 0 aliphatic carbocycles. The van der Waals surface area contributed by atoms with Gasteiger partial charge in [0.15, 0.2) is 22.5 Å². The van der Waals surface area contributed by atoms with E-state index in [2.05, 4.69) is 27.4 Å². The van der Waals surface area contributed by atoms with Gasteiger partial charge in [-0.25, -0.2) is 0 Å². The first-order valence-electron chi connectivity index (χ1n) is 10.6. The molecule has 1 aromatic heterocycles. The van der Waals surface area contributed by atoms with Gasteiger partial charge in [0, 0.05) is 17.8 Å². The number of hydrogen-bond donors (Lipinski definition) is 2. The molecule has 0 fully saturated rings. The van der Waals surface area contributed by atoms with Gasteiger partial charge >= 0.3 is 0 Å². The van der Waals surface area contributed by atoms with Crippen LogP contribution in [0.1, 0.15) is 16.2 Å². The normalized spacial score (nSPS) is 10.4. The minimum absolute atomic E-state index is 0.138. The Kier molecular flexibility index (Phi) is 9.13. The van der Waals surface area contributed by atoms with E-state index < -0.39 is 0 Å². The van der Waals surface area contributed by atoms with Crippen LogP contribution in [0.4, 0.5) is 5.69 Å². The highest BCUT2D eigenvalue weighted by atomic mass is 32.2. The van der Waals surface area contributed by atoms with Crippen LogP contribution >= 0.6 is 11.8 Å². The number of rotatable bonds is 12. The number of allylic oxidation sites excluding steroid dienone is 1. The molecule has 0 bridgehead atoms. The third kappa shape index (κ3) is 6.76. The molecule has 2 amide bonds. The monoisotopic (exact) mass is 497 g/mol. The number of methoxy groups -OCH3 is 3. The Hall–Kier alpha value is -3.99. The lowest BCUT2D eigenvalue weighted by Crippen LogP contribution is -2.25. The summed E-state index contributed by atoms with van der Waals surface area (Å²) < 4.78 is 17.4. The second-order valence-electron chi connectivity index (χ2n) is 7.12. The molecule has 0 saturated heterocycles. The third-order valence-corrected chi connectivity index (χ3v) is 5.83. The van der Waals surface area contributed by atoms with Crippen LogP contribution < -0.4 is 24.8 Å². The molecule has 35 heavy (non-hydrogen) atoms. The van der Waals surface area contributed by atoms with E-state index in [0.717, 1.165) is 0 Å². The van der Waals surface area contributed by atoms with Crippen molar-refractivity contribution in [2.45, 2.75) is 18.2 Å². The van der Waals surface area contributed by atoms with E-state index in [4.69, 9.17) is 14.2 Å². The number of anilines is 1. The first-order chi connectivity index (χ1) is 17.0. The van der Waals surface area contributed by atoms with Crippen molar-refractivity contribution in [1.29, 1.82) is 0 Å². The fourth-order valence-corrected chi connectivity index (χ4v) is 3.88. The van der Waals surface area contributed by atoms with Crippen molar-refractivity contribution in [1.82, 2.24) is 20.1 Å². The van der Waals surface area contributed by atoms with Crippen molar-refractivity contribution < 1.29 is 23.8 Å². The molecule has 0 atom stereocenters. The predicted molar refractivity (Wildman–Crippen MR) is 133 cm³/mol. The first-order valence-corrected chi connectivity index (χ1v) is 11.6. The lowest BCUT2D eigenvalue weighted by Gasteiger charge is -2.11. The van der Waals surface area contributed by atoms with Gasteiger partial charge in [-0.2, -0.15) is 0 Å². The number of nitrogens with zero attached hydrogens (tertiary/aromatic N) is 3. The van der Waals surface area contributed by atoms with Gasteiger partial charge in [0.2, 0.25) is 5.91 Å². The summed E-state index contributed by atoms with van der Waals surface area (Å²) in [6, 6.07) is 12.0. The van der Waals surface area contributed by atoms with Crippen LogP contribution in [0.5, 0.6) is 17.2 Å². The number of aromatic nitrogens is 3. The zero-order chi connectivity index (χ0) is 25.2. The van der Waals surface area contributed by atoms with E-state index in [1.54, 1.807) is 60.2 Å². The van der Waals surface area contributed by atoms with Gasteiger partial charge in [-0.1, -0.05) is 17.8 Å². The smallest absolute Gasteiger partial charge is 0.251 e. The lowest BCUT2D eigenvalue weighted by molar-refractivity contribution is -0.113. The number of hydrogen-bond acceptors (Lipinski definition) is 8. The minimum Gasteiger partial charge on any atom is -0.497 e. The third-order valence-electron chi connectivity index (χ3n) is 4.86. The van der Waals surface area contributed by atoms with Gasteiger partial charge < -0.3 is 29.4 Å². The zero-order valence-electron chi connectivity index (χ0n) is 19.7. The highest BCUT2D eigenvalue weighted by molar-refractivity contribution is 7.99. The molecule has 0 unspecified atom stereocenters. The summed E-state index contributed by atoms with van der Waals surface area (Å²) in [5.74, 6) is 1.90. The average molecular weight is 498 g/mol. The summed E-state index contributed by atoms with van der Waals surface area (Å²) in [7, 11) is 4.62. The van der Waals surface area contributed by atoms with Gasteiger partial charge in [-0.05, 0) is 42.5 Å². The fourth-order valence-electron chi connectivity index (χ4n) is 3.11. The Morgan fingerprint density at radius 1 is 1.03 bits per heavy atom. The Labute approximate surface area is 207 Å². The molecule has 1 heterocycles. The summed E-state index contributed by atoms with van der Waals surface area (Å²) in [5.41, 5.74) is 1.09. The van der Waals surface area contributed by atoms with Crippen LogP contribution in [0.2, 0.25) is 0 Å². The summed E-state index contributed by atoms with van der Waals surface area (Å²) in [6.07, 6.45) is 1.70. The van der Waals surface area contributed by atoms with E-state index in [-0.39, 0.29) is 24.1 Å². The van der Waals surface area contributed by atoms with E-state index in [1.165, 1.54) is 26.0 Å². The fraction of sp³-hybridized carbons (Fsp3) is 0.250. The maximum absolute atomic E-state index is 12.6. The number of ether oxygens (including phenoxy) is 3. The second kappa shape index (κ2) is 12.5. The van der Waals surface area contributed by atoms with Gasteiger partial charge in [0.25, 0.3) is 5.91 Å². The SMILES string of the molecule is C=CCn1c(CNC(=O)c2ccc(OC)c(OC)c2)nnc1SCC(=O)Nc1ccc(OC)cc1. The van der Waals surface area contributed by atoms with E-state index in [9.17, 15) is 9.59 Å². The number of carbonyl (C=O) groups excluding carboxylic acids is 2. The summed E-state index contributed by atoms with van der Waals surface area (Å²) in [5, 5.41) is 14.6. The Balaban J connectivity index is 1.60. The topological polar surface area (TPSA) is 117 Å². The Bertz CT molecular complexity index is 1180. The summed E-state index contributed by atoms with van der Waals surface area (Å²) in [4.78, 5) is 25.0. The summed E-state index contributed by atoms with van der Waals surface area (Å²) >= 11 is 1.24. The Morgan fingerprint density at radius 2 is 1.77 bits per heavy atom. The van der Waals surface area contributed by atoms with Gasteiger partial charge in [0.1, 0.15) is 5.75 Å². The maximum atomic E-state index is 12.6. The van der Waals surface area contributed by atoms with Gasteiger partial charge in [0.05, 0.1) is 33.6 Å². The van der Waals surface area contributed by atoms with Gasteiger partial charge in [-0.15, -0.1) is 16.8 Å². The van der Waals surface area contributed by atoms with Crippen LogP contribution in [0.25, 0.3) is 0 Å². The highest BCUT2D eigenvalue weighted by Gasteiger charge is 2.16. The van der Waals surface area contributed by atoms with E-state index in [1.807, 2.05) is 0 Å². The number of amides is 2. The van der Waals surface area contributed by atoms with Crippen molar-refractivity contribution in [2.75, 3.05) is 32.4 Å². The number of carbonyl (C=O) groups is 2. The molecule has 3 aromatic rings. The predicted octanol–water partition coefficient (Wildman–Crippen LogP) is 3.15. The molecular weight excluding hydrogens is 470 g/mol.